The second-order valence-corrected chi connectivity index (χ2v) is 9.97. The minimum Gasteiger partial charge on any atom is -0.460 e. The third-order valence-electron chi connectivity index (χ3n) is 4.80. The van der Waals surface area contributed by atoms with Crippen molar-refractivity contribution in [2.24, 2.45) is 0 Å². The van der Waals surface area contributed by atoms with E-state index in [9.17, 15) is 4.79 Å². The average Bonchev–Trinajstić information content (AvgIpc) is 2.79. The highest BCUT2D eigenvalue weighted by atomic mass is 31.2. The first-order valence-electron chi connectivity index (χ1n) is 11.9. The van der Waals surface area contributed by atoms with E-state index in [1.54, 1.807) is 12.1 Å². The van der Waals surface area contributed by atoms with Gasteiger partial charge < -0.3 is 18.5 Å². The molecule has 0 saturated carbocycles. The molecule has 0 aliphatic rings. The fraction of sp³-hybridized carbons (Fsp3) is 0.667. The van der Waals surface area contributed by atoms with Gasteiger partial charge in [-0.15, -0.1) is 0 Å². The minimum atomic E-state index is -1.31. The molecule has 0 bridgehead atoms. The Morgan fingerprint density at radius 3 is 2.33 bits per heavy atom. The normalized spacial score (nSPS) is 14.2. The van der Waals surface area contributed by atoms with E-state index in [4.69, 9.17) is 23.8 Å². The van der Waals surface area contributed by atoms with Crippen LogP contribution in [0.5, 0.6) is 0 Å². The van der Waals surface area contributed by atoms with Gasteiger partial charge in [0.05, 0.1) is 43.4 Å². The number of rotatable bonds is 17. The number of benzene rings is 1. The van der Waals surface area contributed by atoms with Gasteiger partial charge in [-0.2, -0.15) is 5.26 Å². The number of nitrogens with zero attached hydrogens (tertiary/aromatic N) is 2. The van der Waals surface area contributed by atoms with Gasteiger partial charge in [0.15, 0.2) is 7.28 Å². The highest BCUT2D eigenvalue weighted by Crippen LogP contribution is 2.46. The molecular weight excluding hydrogens is 438 g/mol. The molecule has 0 fully saturated rings. The van der Waals surface area contributed by atoms with E-state index in [2.05, 4.69) is 45.4 Å². The zero-order chi connectivity index (χ0) is 24.6. The van der Waals surface area contributed by atoms with Crippen molar-refractivity contribution < 1.29 is 23.3 Å². The Labute approximate surface area is 201 Å². The van der Waals surface area contributed by atoms with Gasteiger partial charge in [0.25, 0.3) is 8.53 Å². The van der Waals surface area contributed by atoms with Crippen LogP contribution in [0.2, 0.25) is 6.32 Å². The highest BCUT2D eigenvalue weighted by Gasteiger charge is 2.28. The fourth-order valence-corrected chi connectivity index (χ4v) is 4.98. The summed E-state index contributed by atoms with van der Waals surface area (Å²) in [6, 6.07) is 11.4. The molecule has 0 aromatic heterocycles. The molecule has 0 aliphatic carbocycles. The van der Waals surface area contributed by atoms with Crippen LogP contribution < -0.4 is 0 Å². The lowest BCUT2D eigenvalue weighted by atomic mass is 9.67. The van der Waals surface area contributed by atoms with Gasteiger partial charge in [0.1, 0.15) is 6.61 Å². The van der Waals surface area contributed by atoms with Crippen molar-refractivity contribution in [2.75, 3.05) is 19.8 Å². The Morgan fingerprint density at radius 1 is 1.09 bits per heavy atom. The zero-order valence-corrected chi connectivity index (χ0v) is 21.9. The van der Waals surface area contributed by atoms with Gasteiger partial charge in [-0.1, -0.05) is 37.9 Å². The third-order valence-corrected chi connectivity index (χ3v) is 6.87. The van der Waals surface area contributed by atoms with Gasteiger partial charge in [-0.25, -0.2) is 9.46 Å². The van der Waals surface area contributed by atoms with Crippen LogP contribution in [0.15, 0.2) is 30.3 Å². The Bertz CT molecular complexity index is 694. The molecule has 0 amide bonds. The van der Waals surface area contributed by atoms with Gasteiger partial charge in [0, 0.05) is 12.1 Å². The molecule has 3 atom stereocenters. The van der Waals surface area contributed by atoms with Crippen LogP contribution in [0, 0.1) is 11.3 Å². The highest BCUT2D eigenvalue weighted by molar-refractivity contribution is 7.44. The van der Waals surface area contributed by atoms with Gasteiger partial charge in [-0.3, -0.25) is 0 Å². The molecule has 184 valence electrons. The summed E-state index contributed by atoms with van der Waals surface area (Å²) in [4.78, 5) is 12.3. The van der Waals surface area contributed by atoms with Crippen molar-refractivity contribution >= 4 is 21.8 Å². The van der Waals surface area contributed by atoms with Crippen molar-refractivity contribution in [3.63, 3.8) is 0 Å². The van der Waals surface area contributed by atoms with Crippen LogP contribution >= 0.6 is 8.53 Å². The molecule has 0 spiro atoms. The number of carbonyl (C=O) groups is 1. The maximum absolute atomic E-state index is 12.3. The number of ether oxygens (including phenoxy) is 2. The summed E-state index contributed by atoms with van der Waals surface area (Å²) in [6.45, 7) is 13.4. The summed E-state index contributed by atoms with van der Waals surface area (Å²) in [6.07, 6.45) is 2.14. The van der Waals surface area contributed by atoms with E-state index in [0.717, 1.165) is 20.0 Å². The summed E-state index contributed by atoms with van der Waals surface area (Å²) in [5.74, 6) is -0.344. The molecule has 1 rings (SSSR count). The monoisotopic (exact) mass is 478 g/mol. The van der Waals surface area contributed by atoms with Gasteiger partial charge in [0.2, 0.25) is 0 Å². The quantitative estimate of drug-likeness (QED) is 0.133. The van der Waals surface area contributed by atoms with E-state index in [-0.39, 0.29) is 36.8 Å². The molecular formula is C24H40BN2O5P. The molecule has 0 aliphatic heterocycles. The van der Waals surface area contributed by atoms with Crippen LogP contribution in [-0.2, 0) is 18.5 Å². The predicted molar refractivity (Wildman–Crippen MR) is 134 cm³/mol. The Hall–Kier alpha value is -1.49. The molecule has 1 aromatic rings. The third kappa shape index (κ3) is 12.0. The average molecular weight is 478 g/mol. The van der Waals surface area contributed by atoms with Crippen LogP contribution in [0.1, 0.15) is 64.7 Å². The summed E-state index contributed by atoms with van der Waals surface area (Å²) < 4.78 is 26.0. The molecule has 7 nitrogen and oxygen atoms in total. The van der Waals surface area contributed by atoms with E-state index < -0.39 is 8.53 Å². The van der Waals surface area contributed by atoms with E-state index in [1.807, 2.05) is 25.1 Å². The topological polar surface area (TPSA) is 81.0 Å². The maximum atomic E-state index is 12.3. The molecule has 1 unspecified atom stereocenters. The predicted octanol–water partition coefficient (Wildman–Crippen LogP) is 5.13. The summed E-state index contributed by atoms with van der Waals surface area (Å²) in [7, 11) is -0.509. The Kier molecular flexibility index (Phi) is 15.2. The molecule has 9 heteroatoms. The second-order valence-electron chi connectivity index (χ2n) is 8.52. The standard InChI is InChI=1S/C24H40BN2O5P/c1-7-14-25-23(18-29-24(28)22-12-9-8-10-13-22)32-21(6)17-31-33(30-16-11-15-26)27(19(2)3)20(4)5/h8-10,12-13,19-21,23,25H,7,11,14,16-18H2,1-6H3/t21-,23-,33?/m1/s1. The maximum Gasteiger partial charge on any atom is 0.338 e. The van der Waals surface area contributed by atoms with E-state index in [1.165, 1.54) is 0 Å². The molecule has 0 radical (unpaired) electrons. The molecule has 0 N–H and O–H groups in total. The Balaban J connectivity index is 2.67. The lowest BCUT2D eigenvalue weighted by Gasteiger charge is -2.36. The van der Waals surface area contributed by atoms with Crippen LogP contribution in [0.25, 0.3) is 0 Å². The number of esters is 1. The molecule has 0 heterocycles. The molecule has 33 heavy (non-hydrogen) atoms. The van der Waals surface area contributed by atoms with Crippen molar-refractivity contribution in [2.45, 2.75) is 84.9 Å². The molecule has 1 aromatic carbocycles. The smallest absolute Gasteiger partial charge is 0.338 e. The number of hydrogen-bond acceptors (Lipinski definition) is 7. The van der Waals surface area contributed by atoms with E-state index in [0.29, 0.717) is 25.2 Å². The first kappa shape index (κ1) is 29.5. The van der Waals surface area contributed by atoms with Crippen molar-refractivity contribution in [1.29, 1.82) is 5.26 Å². The zero-order valence-electron chi connectivity index (χ0n) is 21.0. The van der Waals surface area contributed by atoms with Crippen LogP contribution in [-0.4, -0.2) is 61.9 Å². The second kappa shape index (κ2) is 17.0. The molecule has 0 saturated heterocycles. The summed E-state index contributed by atoms with van der Waals surface area (Å²) >= 11 is 0. The van der Waals surface area contributed by atoms with Gasteiger partial charge >= 0.3 is 5.97 Å². The van der Waals surface area contributed by atoms with Gasteiger partial charge in [-0.05, 0) is 46.8 Å². The minimum absolute atomic E-state index is 0.201. The van der Waals surface area contributed by atoms with Crippen molar-refractivity contribution in [1.82, 2.24) is 4.67 Å². The van der Waals surface area contributed by atoms with Crippen molar-refractivity contribution in [3.8, 4) is 6.07 Å². The number of hydrogen-bond donors (Lipinski definition) is 0. The Morgan fingerprint density at radius 2 is 1.76 bits per heavy atom. The lowest BCUT2D eigenvalue weighted by Crippen LogP contribution is -2.35. The SMILES string of the molecule is CCCB[C@@H](COC(=O)c1ccccc1)O[C@H](C)COP(OCCC#N)N(C(C)C)C(C)C. The van der Waals surface area contributed by atoms with Crippen molar-refractivity contribution in [3.05, 3.63) is 35.9 Å². The van der Waals surface area contributed by atoms with E-state index >= 15 is 0 Å². The fourth-order valence-electron chi connectivity index (χ4n) is 3.30. The first-order valence-corrected chi connectivity index (χ1v) is 13.0. The first-order chi connectivity index (χ1) is 15.8. The lowest BCUT2D eigenvalue weighted by molar-refractivity contribution is -0.0234. The number of nitriles is 1. The number of carbonyl (C=O) groups excluding carboxylic acids is 1. The van der Waals surface area contributed by atoms with Crippen LogP contribution in [0.3, 0.4) is 0 Å². The largest absolute Gasteiger partial charge is 0.460 e. The summed E-state index contributed by atoms with van der Waals surface area (Å²) in [5, 5.41) is 8.85. The van der Waals surface area contributed by atoms with Crippen LogP contribution in [0.4, 0.5) is 0 Å². The summed E-state index contributed by atoms with van der Waals surface area (Å²) in [5.41, 5.74) is 0.533.